The molecule has 2 nitrogen and oxygen atoms in total. The van der Waals surface area contributed by atoms with E-state index in [0.717, 1.165) is 17.1 Å². The molecule has 0 radical (unpaired) electrons. The molecular weight excluding hydrogens is 340 g/mol. The molecule has 1 aromatic carbocycles. The average molecular weight is 358 g/mol. The van der Waals surface area contributed by atoms with Crippen molar-refractivity contribution < 1.29 is 9.15 Å². The second kappa shape index (κ2) is 6.87. The van der Waals surface area contributed by atoms with E-state index in [9.17, 15) is 0 Å². The molecule has 0 aliphatic rings. The number of methoxy groups -OCH3 is 1. The van der Waals surface area contributed by atoms with E-state index >= 15 is 0 Å². The number of benzene rings is 1. The van der Waals surface area contributed by atoms with Crippen LogP contribution in [0.25, 0.3) is 11.3 Å². The Balaban J connectivity index is 2.04. The summed E-state index contributed by atoms with van der Waals surface area (Å²) in [5, 5.41) is 0. The van der Waals surface area contributed by atoms with Gasteiger partial charge in [0.15, 0.2) is 0 Å². The third kappa shape index (κ3) is 3.54. The number of ether oxygens (including phenoxy) is 1. The van der Waals surface area contributed by atoms with Crippen molar-refractivity contribution in [1.29, 1.82) is 0 Å². The minimum atomic E-state index is -0.131. The predicted molar refractivity (Wildman–Crippen MR) is 75.8 cm³/mol. The Kier molecular flexibility index (Phi) is 5.16. The number of unbranched alkanes of at least 4 members (excludes halogenated alkanes) is 1. The molecule has 0 unspecified atom stereocenters. The molecule has 0 spiro atoms. The van der Waals surface area contributed by atoms with Crippen LogP contribution in [0, 0.1) is 0 Å². The quantitative estimate of drug-likeness (QED) is 0.583. The number of hydrogen-bond acceptors (Lipinski definition) is 2. The summed E-state index contributed by atoms with van der Waals surface area (Å²) >= 11 is -0.131. The van der Waals surface area contributed by atoms with Gasteiger partial charge in [0.25, 0.3) is 0 Å². The van der Waals surface area contributed by atoms with E-state index in [1.54, 1.807) is 7.11 Å². The van der Waals surface area contributed by atoms with Crippen molar-refractivity contribution in [3.63, 3.8) is 0 Å². The standard InChI is InChI=1S/C15H18O2Te/c1-3-4-11-18-15-10-9-14(17-15)12-5-7-13(16-2)8-6-12/h5-10H,3-4,11H2,1-2H3. The Morgan fingerprint density at radius 3 is 2.56 bits per heavy atom. The molecule has 0 aliphatic carbocycles. The van der Waals surface area contributed by atoms with Crippen molar-refractivity contribution in [3.8, 4) is 17.1 Å². The van der Waals surface area contributed by atoms with Crippen molar-refractivity contribution >= 4 is 24.7 Å². The van der Waals surface area contributed by atoms with Crippen LogP contribution in [0.2, 0.25) is 4.47 Å². The van der Waals surface area contributed by atoms with E-state index in [1.165, 1.54) is 21.1 Å². The third-order valence-corrected chi connectivity index (χ3v) is 5.54. The van der Waals surface area contributed by atoms with E-state index in [4.69, 9.17) is 9.15 Å². The maximum absolute atomic E-state index is 5.91. The molecule has 3 heteroatoms. The van der Waals surface area contributed by atoms with Crippen LogP contribution >= 0.6 is 0 Å². The first-order valence-electron chi connectivity index (χ1n) is 6.20. The summed E-state index contributed by atoms with van der Waals surface area (Å²) in [7, 11) is 1.68. The number of furan rings is 1. The van der Waals surface area contributed by atoms with Crippen molar-refractivity contribution in [2.45, 2.75) is 24.2 Å². The molecule has 0 fully saturated rings. The summed E-state index contributed by atoms with van der Waals surface area (Å²) in [5.41, 5.74) is 1.12. The molecule has 0 bridgehead atoms. The van der Waals surface area contributed by atoms with Crippen LogP contribution in [-0.2, 0) is 0 Å². The van der Waals surface area contributed by atoms with Crippen molar-refractivity contribution in [1.82, 2.24) is 0 Å². The van der Waals surface area contributed by atoms with Gasteiger partial charge in [-0.15, -0.1) is 0 Å². The van der Waals surface area contributed by atoms with Gasteiger partial charge in [0.2, 0.25) is 0 Å². The predicted octanol–water partition coefficient (Wildman–Crippen LogP) is 3.50. The van der Waals surface area contributed by atoms with Gasteiger partial charge < -0.3 is 0 Å². The molecule has 0 N–H and O–H groups in total. The van der Waals surface area contributed by atoms with Gasteiger partial charge in [0.05, 0.1) is 0 Å². The zero-order valence-corrected chi connectivity index (χ0v) is 13.1. The summed E-state index contributed by atoms with van der Waals surface area (Å²) < 4.78 is 13.6. The maximum atomic E-state index is 5.91. The first-order chi connectivity index (χ1) is 8.83. The van der Waals surface area contributed by atoms with Crippen LogP contribution in [0.15, 0.2) is 40.8 Å². The van der Waals surface area contributed by atoms with Crippen LogP contribution in [0.1, 0.15) is 19.8 Å². The summed E-state index contributed by atoms with van der Waals surface area (Å²) in [6, 6.07) is 12.2. The summed E-state index contributed by atoms with van der Waals surface area (Å²) in [4.78, 5) is 0. The second-order valence-corrected chi connectivity index (χ2v) is 7.19. The second-order valence-electron chi connectivity index (χ2n) is 4.05. The van der Waals surface area contributed by atoms with Gasteiger partial charge in [-0.05, 0) is 0 Å². The minimum absolute atomic E-state index is 0.131. The Morgan fingerprint density at radius 1 is 1.11 bits per heavy atom. The Hall–Kier alpha value is -0.910. The average Bonchev–Trinajstić information content (AvgIpc) is 2.88. The SMILES string of the molecule is CCCC[Te]c1ccc(-c2ccc(OC)cc2)o1. The van der Waals surface area contributed by atoms with Crippen molar-refractivity contribution in [2.24, 2.45) is 0 Å². The van der Waals surface area contributed by atoms with E-state index in [1.807, 2.05) is 24.3 Å². The summed E-state index contributed by atoms with van der Waals surface area (Å²) in [5.74, 6) is 1.84. The van der Waals surface area contributed by atoms with E-state index < -0.39 is 0 Å². The zero-order chi connectivity index (χ0) is 12.8. The van der Waals surface area contributed by atoms with Crippen LogP contribution < -0.4 is 8.55 Å². The van der Waals surface area contributed by atoms with Gasteiger partial charge in [0.1, 0.15) is 0 Å². The van der Waals surface area contributed by atoms with Gasteiger partial charge in [-0.3, -0.25) is 0 Å². The first kappa shape index (κ1) is 13.5. The normalized spacial score (nSPS) is 10.6. The monoisotopic (exact) mass is 360 g/mol. The zero-order valence-electron chi connectivity index (χ0n) is 10.8. The third-order valence-electron chi connectivity index (χ3n) is 2.70. The van der Waals surface area contributed by atoms with Crippen LogP contribution in [0.4, 0.5) is 0 Å². The van der Waals surface area contributed by atoms with Gasteiger partial charge in [-0.25, -0.2) is 0 Å². The molecule has 2 rings (SSSR count). The van der Waals surface area contributed by atoms with Gasteiger partial charge in [-0.2, -0.15) is 0 Å². The fraction of sp³-hybridized carbons (Fsp3) is 0.333. The van der Waals surface area contributed by atoms with Crippen LogP contribution in [-0.4, -0.2) is 28.0 Å². The summed E-state index contributed by atoms with van der Waals surface area (Å²) in [6.07, 6.45) is 2.59. The van der Waals surface area contributed by atoms with Gasteiger partial charge in [-0.1, -0.05) is 0 Å². The summed E-state index contributed by atoms with van der Waals surface area (Å²) in [6.45, 7) is 2.23. The van der Waals surface area contributed by atoms with Crippen molar-refractivity contribution in [2.75, 3.05) is 7.11 Å². The Labute approximate surface area is 118 Å². The molecule has 2 aromatic rings. The molecule has 18 heavy (non-hydrogen) atoms. The van der Waals surface area contributed by atoms with E-state index in [-0.39, 0.29) is 20.9 Å². The van der Waals surface area contributed by atoms with Crippen molar-refractivity contribution in [3.05, 3.63) is 36.4 Å². The molecule has 0 amide bonds. The van der Waals surface area contributed by atoms with E-state index in [0.29, 0.717) is 0 Å². The number of rotatable bonds is 6. The molecule has 0 atom stereocenters. The molecule has 0 saturated heterocycles. The fourth-order valence-electron chi connectivity index (χ4n) is 1.63. The fourth-order valence-corrected chi connectivity index (χ4v) is 4.33. The Morgan fingerprint density at radius 2 is 1.89 bits per heavy atom. The molecular formula is C15H18O2Te. The molecule has 96 valence electrons. The first-order valence-corrected chi connectivity index (χ1v) is 9.02. The molecule has 1 heterocycles. The molecule has 1 aromatic heterocycles. The number of hydrogen-bond donors (Lipinski definition) is 0. The Bertz CT molecular complexity index is 473. The molecule has 0 saturated carbocycles. The topological polar surface area (TPSA) is 22.4 Å². The van der Waals surface area contributed by atoms with Gasteiger partial charge in [0, 0.05) is 0 Å². The van der Waals surface area contributed by atoms with Crippen LogP contribution in [0.3, 0.4) is 0 Å². The van der Waals surface area contributed by atoms with Gasteiger partial charge >= 0.3 is 119 Å². The molecule has 0 aliphatic heterocycles. The van der Waals surface area contributed by atoms with E-state index in [2.05, 4.69) is 19.1 Å². The van der Waals surface area contributed by atoms with Crippen LogP contribution in [0.5, 0.6) is 5.75 Å².